The molecule has 112 valence electrons. The van der Waals surface area contributed by atoms with Gasteiger partial charge in [-0.3, -0.25) is 0 Å². The topological polar surface area (TPSA) is 33.7 Å². The highest BCUT2D eigenvalue weighted by Crippen LogP contribution is 2.30. The summed E-state index contributed by atoms with van der Waals surface area (Å²) in [6.07, 6.45) is 1.29. The molecule has 0 saturated carbocycles. The Labute approximate surface area is 122 Å². The summed E-state index contributed by atoms with van der Waals surface area (Å²) in [4.78, 5) is 2.40. The van der Waals surface area contributed by atoms with Crippen molar-refractivity contribution < 1.29 is 9.47 Å². The second-order valence-electron chi connectivity index (χ2n) is 5.66. The minimum absolute atomic E-state index is 0.320. The number of rotatable bonds is 6. The van der Waals surface area contributed by atoms with Gasteiger partial charge in [0.05, 0.1) is 14.2 Å². The number of hydrogen-bond donors (Lipinski definition) is 1. The molecule has 1 saturated heterocycles. The monoisotopic (exact) mass is 278 g/mol. The molecule has 2 atom stereocenters. The van der Waals surface area contributed by atoms with Crippen molar-refractivity contribution in [3.63, 3.8) is 0 Å². The van der Waals surface area contributed by atoms with Crippen LogP contribution in [0.2, 0.25) is 0 Å². The fourth-order valence-corrected chi connectivity index (χ4v) is 2.78. The molecule has 0 bridgehead atoms. The maximum atomic E-state index is 5.36. The van der Waals surface area contributed by atoms with Crippen molar-refractivity contribution in [1.82, 2.24) is 10.2 Å². The van der Waals surface area contributed by atoms with Crippen LogP contribution in [0.15, 0.2) is 18.2 Å². The van der Waals surface area contributed by atoms with Crippen LogP contribution in [0.1, 0.15) is 24.9 Å². The van der Waals surface area contributed by atoms with Gasteiger partial charge in [-0.2, -0.15) is 0 Å². The molecule has 1 aromatic carbocycles. The summed E-state index contributed by atoms with van der Waals surface area (Å²) in [7, 11) is 5.53. The lowest BCUT2D eigenvalue weighted by atomic mass is 10.1. The van der Waals surface area contributed by atoms with Gasteiger partial charge in [0.1, 0.15) is 0 Å². The summed E-state index contributed by atoms with van der Waals surface area (Å²) in [6.45, 7) is 5.68. The van der Waals surface area contributed by atoms with Crippen molar-refractivity contribution in [2.75, 3.05) is 40.9 Å². The van der Waals surface area contributed by atoms with Gasteiger partial charge in [-0.05, 0) is 57.1 Å². The van der Waals surface area contributed by atoms with Crippen molar-refractivity contribution >= 4 is 0 Å². The molecular formula is C16H26N2O2. The Bertz CT molecular complexity index is 436. The van der Waals surface area contributed by atoms with Gasteiger partial charge in [0, 0.05) is 12.6 Å². The molecule has 1 fully saturated rings. The largest absolute Gasteiger partial charge is 0.493 e. The molecule has 0 spiro atoms. The van der Waals surface area contributed by atoms with Crippen molar-refractivity contribution in [1.29, 1.82) is 0 Å². The van der Waals surface area contributed by atoms with E-state index in [1.165, 1.54) is 25.1 Å². The molecule has 1 aliphatic heterocycles. The highest BCUT2D eigenvalue weighted by Gasteiger charge is 2.20. The van der Waals surface area contributed by atoms with Gasteiger partial charge in [-0.15, -0.1) is 0 Å². The van der Waals surface area contributed by atoms with Gasteiger partial charge in [0.2, 0.25) is 0 Å². The SMILES string of the molecule is COc1ccc(C(C)NCC2CCN(C)C2)cc1OC. The van der Waals surface area contributed by atoms with E-state index >= 15 is 0 Å². The Hall–Kier alpha value is -1.26. The first kappa shape index (κ1) is 15.1. The quantitative estimate of drug-likeness (QED) is 0.866. The average molecular weight is 278 g/mol. The third kappa shape index (κ3) is 3.64. The first-order valence-corrected chi connectivity index (χ1v) is 7.28. The fourth-order valence-electron chi connectivity index (χ4n) is 2.78. The highest BCUT2D eigenvalue weighted by atomic mass is 16.5. The minimum Gasteiger partial charge on any atom is -0.493 e. The number of benzene rings is 1. The Morgan fingerprint density at radius 1 is 1.30 bits per heavy atom. The van der Waals surface area contributed by atoms with Crippen molar-refractivity contribution in [3.05, 3.63) is 23.8 Å². The van der Waals surface area contributed by atoms with Crippen LogP contribution >= 0.6 is 0 Å². The standard InChI is InChI=1S/C16H26N2O2/c1-12(17-10-13-7-8-18(2)11-13)14-5-6-15(19-3)16(9-14)20-4/h5-6,9,12-13,17H,7-8,10-11H2,1-4H3. The molecule has 0 amide bonds. The molecule has 1 heterocycles. The predicted octanol–water partition coefficient (Wildman–Crippen LogP) is 2.31. The predicted molar refractivity (Wildman–Crippen MR) is 81.6 cm³/mol. The van der Waals surface area contributed by atoms with E-state index in [-0.39, 0.29) is 0 Å². The number of ether oxygens (including phenoxy) is 2. The number of nitrogens with zero attached hydrogens (tertiary/aromatic N) is 1. The third-order valence-corrected chi connectivity index (χ3v) is 4.11. The molecule has 2 unspecified atom stereocenters. The number of likely N-dealkylation sites (tertiary alicyclic amines) is 1. The molecular weight excluding hydrogens is 252 g/mol. The fraction of sp³-hybridized carbons (Fsp3) is 0.625. The lowest BCUT2D eigenvalue weighted by Crippen LogP contribution is -2.27. The average Bonchev–Trinajstić information content (AvgIpc) is 2.89. The van der Waals surface area contributed by atoms with E-state index in [4.69, 9.17) is 9.47 Å². The maximum absolute atomic E-state index is 5.36. The Morgan fingerprint density at radius 3 is 2.65 bits per heavy atom. The first-order chi connectivity index (χ1) is 9.63. The molecule has 20 heavy (non-hydrogen) atoms. The zero-order valence-corrected chi connectivity index (χ0v) is 13.0. The van der Waals surface area contributed by atoms with E-state index in [2.05, 4.69) is 36.3 Å². The molecule has 0 aliphatic carbocycles. The Balaban J connectivity index is 1.93. The molecule has 0 radical (unpaired) electrons. The van der Waals surface area contributed by atoms with Crippen LogP contribution in [0.4, 0.5) is 0 Å². The second-order valence-corrected chi connectivity index (χ2v) is 5.66. The summed E-state index contributed by atoms with van der Waals surface area (Å²) in [5.41, 5.74) is 1.23. The molecule has 4 heteroatoms. The molecule has 1 aliphatic rings. The van der Waals surface area contributed by atoms with Gasteiger partial charge in [0.15, 0.2) is 11.5 Å². The smallest absolute Gasteiger partial charge is 0.161 e. The van der Waals surface area contributed by atoms with E-state index in [9.17, 15) is 0 Å². The van der Waals surface area contributed by atoms with Crippen molar-refractivity contribution in [2.24, 2.45) is 5.92 Å². The summed E-state index contributed by atoms with van der Waals surface area (Å²) in [5, 5.41) is 3.63. The number of nitrogens with one attached hydrogen (secondary N) is 1. The third-order valence-electron chi connectivity index (χ3n) is 4.11. The lowest BCUT2D eigenvalue weighted by Gasteiger charge is -2.19. The van der Waals surface area contributed by atoms with Gasteiger partial charge < -0.3 is 19.7 Å². The van der Waals surface area contributed by atoms with Gasteiger partial charge in [0.25, 0.3) is 0 Å². The summed E-state index contributed by atoms with van der Waals surface area (Å²) in [6, 6.07) is 6.44. The minimum atomic E-state index is 0.320. The van der Waals surface area contributed by atoms with E-state index in [0.29, 0.717) is 6.04 Å². The normalized spacial score (nSPS) is 20.9. The number of hydrogen-bond acceptors (Lipinski definition) is 4. The van der Waals surface area contributed by atoms with Crippen LogP contribution in [0, 0.1) is 5.92 Å². The van der Waals surface area contributed by atoms with Crippen LogP contribution in [-0.2, 0) is 0 Å². The van der Waals surface area contributed by atoms with Crippen LogP contribution in [0.3, 0.4) is 0 Å². The van der Waals surface area contributed by atoms with Crippen molar-refractivity contribution in [3.8, 4) is 11.5 Å². The number of methoxy groups -OCH3 is 2. The van der Waals surface area contributed by atoms with E-state index < -0.39 is 0 Å². The summed E-state index contributed by atoms with van der Waals surface area (Å²) in [5.74, 6) is 2.34. The molecule has 1 N–H and O–H groups in total. The Kier molecular flexibility index (Phi) is 5.26. The first-order valence-electron chi connectivity index (χ1n) is 7.28. The Morgan fingerprint density at radius 2 is 2.05 bits per heavy atom. The van der Waals surface area contributed by atoms with Crippen LogP contribution in [-0.4, -0.2) is 45.8 Å². The maximum Gasteiger partial charge on any atom is 0.161 e. The van der Waals surface area contributed by atoms with Gasteiger partial charge >= 0.3 is 0 Å². The molecule has 2 rings (SSSR count). The lowest BCUT2D eigenvalue weighted by molar-refractivity contribution is 0.353. The summed E-state index contributed by atoms with van der Waals surface area (Å²) >= 11 is 0. The summed E-state index contributed by atoms with van der Waals surface area (Å²) < 4.78 is 10.6. The van der Waals surface area contributed by atoms with Gasteiger partial charge in [-0.1, -0.05) is 6.07 Å². The highest BCUT2D eigenvalue weighted by molar-refractivity contribution is 5.43. The molecule has 1 aromatic rings. The van der Waals surface area contributed by atoms with Gasteiger partial charge in [-0.25, -0.2) is 0 Å². The zero-order valence-electron chi connectivity index (χ0n) is 13.0. The van der Waals surface area contributed by atoms with Crippen LogP contribution in [0.5, 0.6) is 11.5 Å². The molecule has 4 nitrogen and oxygen atoms in total. The van der Waals surface area contributed by atoms with E-state index in [0.717, 1.165) is 24.0 Å². The second kappa shape index (κ2) is 6.95. The molecule has 0 aromatic heterocycles. The van der Waals surface area contributed by atoms with E-state index in [1.807, 2.05) is 6.07 Å². The zero-order chi connectivity index (χ0) is 14.5. The van der Waals surface area contributed by atoms with Crippen molar-refractivity contribution in [2.45, 2.75) is 19.4 Å². The van der Waals surface area contributed by atoms with Crippen LogP contribution in [0.25, 0.3) is 0 Å². The van der Waals surface area contributed by atoms with E-state index in [1.54, 1.807) is 14.2 Å². The van der Waals surface area contributed by atoms with Crippen LogP contribution < -0.4 is 14.8 Å².